The summed E-state index contributed by atoms with van der Waals surface area (Å²) >= 11 is 0. The van der Waals surface area contributed by atoms with Gasteiger partial charge in [-0.1, -0.05) is 48.0 Å². The van der Waals surface area contributed by atoms with Crippen LogP contribution in [0.25, 0.3) is 0 Å². The van der Waals surface area contributed by atoms with Gasteiger partial charge in [0, 0.05) is 6.54 Å². The minimum atomic E-state index is -3.27. The highest BCUT2D eigenvalue weighted by molar-refractivity contribution is 7.89. The predicted octanol–water partition coefficient (Wildman–Crippen LogP) is 2.54. The zero-order chi connectivity index (χ0) is 15.8. The average molecular weight is 319 g/mol. The van der Waals surface area contributed by atoms with E-state index in [-0.39, 0.29) is 12.3 Å². The lowest BCUT2D eigenvalue weighted by Gasteiger charge is -2.09. The van der Waals surface area contributed by atoms with Crippen molar-refractivity contribution in [3.8, 4) is 5.75 Å². The van der Waals surface area contributed by atoms with Gasteiger partial charge in [0.25, 0.3) is 0 Å². The van der Waals surface area contributed by atoms with Crippen LogP contribution < -0.4 is 9.46 Å². The van der Waals surface area contributed by atoms with E-state index in [0.717, 1.165) is 16.9 Å². The van der Waals surface area contributed by atoms with Gasteiger partial charge < -0.3 is 4.74 Å². The highest BCUT2D eigenvalue weighted by Crippen LogP contribution is 2.10. The Morgan fingerprint density at radius 3 is 2.36 bits per heavy atom. The van der Waals surface area contributed by atoms with Crippen LogP contribution in [0.2, 0.25) is 0 Å². The molecule has 0 saturated heterocycles. The fraction of sp³-hybridized carbons (Fsp3) is 0.294. The van der Waals surface area contributed by atoms with E-state index >= 15 is 0 Å². The second-order valence-corrected chi connectivity index (χ2v) is 7.04. The van der Waals surface area contributed by atoms with Crippen LogP contribution in [0.1, 0.15) is 11.1 Å². The number of sulfonamides is 1. The SMILES string of the molecule is Cc1ccc(OCCNS(=O)(=O)CCc2ccccc2)cc1. The van der Waals surface area contributed by atoms with Crippen molar-refractivity contribution in [1.29, 1.82) is 0 Å². The number of benzene rings is 2. The molecule has 2 rings (SSSR count). The van der Waals surface area contributed by atoms with Gasteiger partial charge in [-0.3, -0.25) is 0 Å². The number of hydrogen-bond donors (Lipinski definition) is 1. The third-order valence-electron chi connectivity index (χ3n) is 3.22. The molecule has 118 valence electrons. The molecule has 0 aliphatic rings. The molecular formula is C17H21NO3S. The van der Waals surface area contributed by atoms with Crippen molar-refractivity contribution >= 4 is 10.0 Å². The van der Waals surface area contributed by atoms with E-state index in [1.54, 1.807) is 0 Å². The van der Waals surface area contributed by atoms with Crippen molar-refractivity contribution in [2.75, 3.05) is 18.9 Å². The summed E-state index contributed by atoms with van der Waals surface area (Å²) in [4.78, 5) is 0. The van der Waals surface area contributed by atoms with Gasteiger partial charge in [0.2, 0.25) is 10.0 Å². The van der Waals surface area contributed by atoms with E-state index in [4.69, 9.17) is 4.74 Å². The molecule has 0 amide bonds. The molecule has 0 bridgehead atoms. The number of hydrogen-bond acceptors (Lipinski definition) is 3. The summed E-state index contributed by atoms with van der Waals surface area (Å²) in [5.41, 5.74) is 2.18. The summed E-state index contributed by atoms with van der Waals surface area (Å²) in [6, 6.07) is 17.2. The molecule has 0 saturated carbocycles. The Kier molecular flexibility index (Phi) is 5.98. The normalized spacial score (nSPS) is 11.3. The monoisotopic (exact) mass is 319 g/mol. The molecule has 0 heterocycles. The van der Waals surface area contributed by atoms with Gasteiger partial charge in [-0.05, 0) is 31.0 Å². The molecule has 2 aromatic rings. The number of nitrogens with one attached hydrogen (secondary N) is 1. The summed E-state index contributed by atoms with van der Waals surface area (Å²) in [6.07, 6.45) is 0.509. The molecule has 22 heavy (non-hydrogen) atoms. The molecule has 5 heteroatoms. The Balaban J connectivity index is 1.70. The summed E-state index contributed by atoms with van der Waals surface area (Å²) in [7, 11) is -3.27. The van der Waals surface area contributed by atoms with Crippen LogP contribution >= 0.6 is 0 Å². The van der Waals surface area contributed by atoms with Crippen molar-refractivity contribution in [2.45, 2.75) is 13.3 Å². The van der Waals surface area contributed by atoms with Gasteiger partial charge in [0.15, 0.2) is 0 Å². The topological polar surface area (TPSA) is 55.4 Å². The van der Waals surface area contributed by atoms with Gasteiger partial charge in [-0.15, -0.1) is 0 Å². The third-order valence-corrected chi connectivity index (χ3v) is 4.60. The van der Waals surface area contributed by atoms with Crippen molar-refractivity contribution in [3.63, 3.8) is 0 Å². The summed E-state index contributed by atoms with van der Waals surface area (Å²) < 4.78 is 31.8. The molecule has 0 unspecified atom stereocenters. The molecule has 0 spiro atoms. The number of rotatable bonds is 8. The molecule has 0 aliphatic heterocycles. The first-order chi connectivity index (χ1) is 10.6. The molecule has 0 aromatic heterocycles. The van der Waals surface area contributed by atoms with Gasteiger partial charge in [0.05, 0.1) is 5.75 Å². The average Bonchev–Trinajstić information content (AvgIpc) is 2.52. The summed E-state index contributed by atoms with van der Waals surface area (Å²) in [6.45, 7) is 2.59. The van der Waals surface area contributed by atoms with Crippen molar-refractivity contribution in [1.82, 2.24) is 4.72 Å². The van der Waals surface area contributed by atoms with E-state index in [2.05, 4.69) is 4.72 Å². The fourth-order valence-electron chi connectivity index (χ4n) is 1.97. The smallest absolute Gasteiger partial charge is 0.212 e. The summed E-state index contributed by atoms with van der Waals surface area (Å²) in [5, 5.41) is 0. The molecule has 2 aromatic carbocycles. The standard InChI is InChI=1S/C17H21NO3S/c1-15-7-9-17(10-8-15)21-13-12-18-22(19,20)14-11-16-5-3-2-4-6-16/h2-10,18H,11-14H2,1H3. The maximum absolute atomic E-state index is 11.9. The zero-order valence-corrected chi connectivity index (χ0v) is 13.5. The predicted molar refractivity (Wildman–Crippen MR) is 88.6 cm³/mol. The summed E-state index contributed by atoms with van der Waals surface area (Å²) in [5.74, 6) is 0.829. The first-order valence-electron chi connectivity index (χ1n) is 7.26. The maximum Gasteiger partial charge on any atom is 0.212 e. The van der Waals surface area contributed by atoms with Crippen LogP contribution in [0.5, 0.6) is 5.75 Å². The van der Waals surface area contributed by atoms with Gasteiger partial charge >= 0.3 is 0 Å². The van der Waals surface area contributed by atoms with Crippen molar-refractivity contribution in [3.05, 3.63) is 65.7 Å². The lowest BCUT2D eigenvalue weighted by molar-refractivity contribution is 0.323. The van der Waals surface area contributed by atoms with Crippen LogP contribution in [0.15, 0.2) is 54.6 Å². The van der Waals surface area contributed by atoms with E-state index in [9.17, 15) is 8.42 Å². The molecule has 0 fully saturated rings. The largest absolute Gasteiger partial charge is 0.492 e. The molecular weight excluding hydrogens is 298 g/mol. The van der Waals surface area contributed by atoms with Crippen LogP contribution in [-0.4, -0.2) is 27.3 Å². The van der Waals surface area contributed by atoms with E-state index in [0.29, 0.717) is 13.0 Å². The van der Waals surface area contributed by atoms with Crippen LogP contribution in [0.4, 0.5) is 0 Å². The molecule has 0 atom stereocenters. The Hall–Kier alpha value is -1.85. The second kappa shape index (κ2) is 7.96. The fourth-order valence-corrected chi connectivity index (χ4v) is 3.01. The minimum Gasteiger partial charge on any atom is -0.492 e. The van der Waals surface area contributed by atoms with Gasteiger partial charge in [-0.25, -0.2) is 13.1 Å². The molecule has 1 N–H and O–H groups in total. The lowest BCUT2D eigenvalue weighted by atomic mass is 10.2. The Morgan fingerprint density at radius 1 is 1.00 bits per heavy atom. The van der Waals surface area contributed by atoms with E-state index < -0.39 is 10.0 Å². The molecule has 0 radical (unpaired) electrons. The highest BCUT2D eigenvalue weighted by Gasteiger charge is 2.09. The Morgan fingerprint density at radius 2 is 1.68 bits per heavy atom. The van der Waals surface area contributed by atoms with Gasteiger partial charge in [-0.2, -0.15) is 0 Å². The maximum atomic E-state index is 11.9. The Labute approximate surface area is 132 Å². The quantitative estimate of drug-likeness (QED) is 0.761. The zero-order valence-electron chi connectivity index (χ0n) is 12.7. The number of ether oxygens (including phenoxy) is 1. The minimum absolute atomic E-state index is 0.0849. The lowest BCUT2D eigenvalue weighted by Crippen LogP contribution is -2.31. The van der Waals surface area contributed by atoms with Crippen LogP contribution in [0.3, 0.4) is 0 Å². The Bertz CT molecular complexity index is 667. The van der Waals surface area contributed by atoms with Crippen LogP contribution in [0, 0.1) is 6.92 Å². The molecule has 4 nitrogen and oxygen atoms in total. The molecule has 0 aliphatic carbocycles. The van der Waals surface area contributed by atoms with Crippen LogP contribution in [-0.2, 0) is 16.4 Å². The highest BCUT2D eigenvalue weighted by atomic mass is 32.2. The third kappa shape index (κ3) is 5.87. The van der Waals surface area contributed by atoms with E-state index in [1.807, 2.05) is 61.5 Å². The first-order valence-corrected chi connectivity index (χ1v) is 8.91. The van der Waals surface area contributed by atoms with Gasteiger partial charge in [0.1, 0.15) is 12.4 Å². The number of aryl methyl sites for hydroxylation is 2. The van der Waals surface area contributed by atoms with E-state index in [1.165, 1.54) is 0 Å². The second-order valence-electron chi connectivity index (χ2n) is 5.11. The first kappa shape index (κ1) is 16.5. The van der Waals surface area contributed by atoms with Crippen molar-refractivity contribution in [2.24, 2.45) is 0 Å². The van der Waals surface area contributed by atoms with Crippen molar-refractivity contribution < 1.29 is 13.2 Å².